The molecule has 1 aromatic heterocycles. The van der Waals surface area contributed by atoms with Crippen molar-refractivity contribution in [3.05, 3.63) is 46.7 Å². The maximum absolute atomic E-state index is 11.8. The topological polar surface area (TPSA) is 55.2 Å². The van der Waals surface area contributed by atoms with Gasteiger partial charge in [0.15, 0.2) is 11.5 Å². The van der Waals surface area contributed by atoms with Gasteiger partial charge in [-0.25, -0.2) is 4.68 Å². The monoisotopic (exact) mass is 291 g/mol. The van der Waals surface area contributed by atoms with Gasteiger partial charge < -0.3 is 4.90 Å². The molecule has 5 nitrogen and oxygen atoms in total. The summed E-state index contributed by atoms with van der Waals surface area (Å²) in [6, 6.07) is 6.67. The molecule has 0 unspecified atom stereocenters. The Morgan fingerprint density at radius 1 is 1.25 bits per heavy atom. The Kier molecular flexibility index (Phi) is 3.90. The minimum absolute atomic E-state index is 0.0921. The van der Waals surface area contributed by atoms with Gasteiger partial charge >= 0.3 is 0 Å². The van der Waals surface area contributed by atoms with Crippen molar-refractivity contribution in [3.63, 3.8) is 0 Å². The third kappa shape index (κ3) is 2.72. The summed E-state index contributed by atoms with van der Waals surface area (Å²) in [6.07, 6.45) is 1.68. The summed E-state index contributed by atoms with van der Waals surface area (Å²) < 4.78 is 1.55. The Bertz CT molecular complexity index is 677. The molecule has 0 radical (unpaired) electrons. The number of Topliss-reactive ketones (excluding diaryl/α,β-unsaturated/α-hetero) is 1. The molecule has 104 valence electrons. The van der Waals surface area contributed by atoms with E-state index in [2.05, 4.69) is 5.10 Å². The normalized spacial score (nSPS) is 10.4. The van der Waals surface area contributed by atoms with Crippen LogP contribution >= 0.6 is 11.6 Å². The van der Waals surface area contributed by atoms with Crippen molar-refractivity contribution in [2.24, 2.45) is 0 Å². The number of aromatic nitrogens is 2. The van der Waals surface area contributed by atoms with E-state index in [0.29, 0.717) is 22.0 Å². The number of hydrogen-bond acceptors (Lipinski definition) is 3. The Hall–Kier alpha value is -2.14. The molecule has 0 bridgehead atoms. The lowest BCUT2D eigenvalue weighted by Crippen LogP contribution is -2.22. The maximum Gasteiger partial charge on any atom is 0.273 e. The van der Waals surface area contributed by atoms with Gasteiger partial charge in [-0.2, -0.15) is 5.10 Å². The zero-order valence-electron chi connectivity index (χ0n) is 11.4. The highest BCUT2D eigenvalue weighted by Gasteiger charge is 2.13. The second-order valence-electron chi connectivity index (χ2n) is 4.57. The van der Waals surface area contributed by atoms with Crippen LogP contribution in [0.4, 0.5) is 0 Å². The van der Waals surface area contributed by atoms with Gasteiger partial charge in [0, 0.05) is 25.9 Å². The Morgan fingerprint density at radius 2 is 1.95 bits per heavy atom. The van der Waals surface area contributed by atoms with Crippen molar-refractivity contribution in [1.82, 2.24) is 14.7 Å². The number of ketones is 1. The average molecular weight is 292 g/mol. The molecule has 0 fully saturated rings. The molecule has 0 aliphatic heterocycles. The van der Waals surface area contributed by atoms with Crippen LogP contribution in [0.1, 0.15) is 27.8 Å². The van der Waals surface area contributed by atoms with E-state index in [4.69, 9.17) is 11.6 Å². The molecule has 2 rings (SSSR count). The molecule has 1 amide bonds. The molecule has 1 heterocycles. The molecule has 0 aliphatic carbocycles. The van der Waals surface area contributed by atoms with Crippen LogP contribution in [0.2, 0.25) is 5.02 Å². The average Bonchev–Trinajstić information content (AvgIpc) is 2.86. The summed E-state index contributed by atoms with van der Waals surface area (Å²) in [5, 5.41) is 4.57. The minimum Gasteiger partial charge on any atom is -0.343 e. The minimum atomic E-state index is -0.171. The third-order valence-corrected chi connectivity index (χ3v) is 3.12. The van der Waals surface area contributed by atoms with Crippen molar-refractivity contribution in [2.45, 2.75) is 6.92 Å². The molecule has 2 aromatic rings. The van der Waals surface area contributed by atoms with Crippen molar-refractivity contribution in [3.8, 4) is 5.69 Å². The van der Waals surface area contributed by atoms with E-state index in [1.54, 1.807) is 49.2 Å². The Morgan fingerprint density at radius 3 is 2.50 bits per heavy atom. The van der Waals surface area contributed by atoms with Gasteiger partial charge in [-0.3, -0.25) is 9.59 Å². The van der Waals surface area contributed by atoms with Gasteiger partial charge in [-0.05, 0) is 31.2 Å². The number of rotatable bonds is 3. The summed E-state index contributed by atoms with van der Waals surface area (Å²) in [5.74, 6) is -0.263. The highest BCUT2D eigenvalue weighted by Crippen LogP contribution is 2.20. The van der Waals surface area contributed by atoms with E-state index in [1.165, 1.54) is 11.8 Å². The van der Waals surface area contributed by atoms with E-state index < -0.39 is 0 Å². The van der Waals surface area contributed by atoms with Gasteiger partial charge in [-0.15, -0.1) is 0 Å². The molecule has 20 heavy (non-hydrogen) atoms. The quantitative estimate of drug-likeness (QED) is 0.816. The van der Waals surface area contributed by atoms with Gasteiger partial charge in [0.25, 0.3) is 5.91 Å². The second-order valence-corrected chi connectivity index (χ2v) is 4.97. The molecular weight excluding hydrogens is 278 g/mol. The predicted molar refractivity (Wildman–Crippen MR) is 76.6 cm³/mol. The smallest absolute Gasteiger partial charge is 0.273 e. The number of halogens is 1. The number of nitrogens with zero attached hydrogens (tertiary/aromatic N) is 3. The first-order chi connectivity index (χ1) is 9.40. The lowest BCUT2D eigenvalue weighted by atomic mass is 10.1. The number of benzene rings is 1. The molecule has 0 N–H and O–H groups in total. The number of hydrogen-bond donors (Lipinski definition) is 0. The fourth-order valence-corrected chi connectivity index (χ4v) is 2.05. The Labute approximate surface area is 121 Å². The molecule has 6 heteroatoms. The first-order valence-corrected chi connectivity index (χ1v) is 6.36. The highest BCUT2D eigenvalue weighted by molar-refractivity contribution is 6.34. The van der Waals surface area contributed by atoms with Crippen LogP contribution in [-0.2, 0) is 0 Å². The largest absolute Gasteiger partial charge is 0.343 e. The van der Waals surface area contributed by atoms with E-state index in [0.717, 1.165) is 0 Å². The fourth-order valence-electron chi connectivity index (χ4n) is 1.74. The maximum atomic E-state index is 11.8. The molecular formula is C14H14ClN3O2. The van der Waals surface area contributed by atoms with Crippen LogP contribution in [0, 0.1) is 0 Å². The summed E-state index contributed by atoms with van der Waals surface area (Å²) >= 11 is 6.06. The summed E-state index contributed by atoms with van der Waals surface area (Å²) in [7, 11) is 3.33. The number of carbonyl (C=O) groups excluding carboxylic acids is 2. The van der Waals surface area contributed by atoms with Gasteiger partial charge in [0.1, 0.15) is 0 Å². The van der Waals surface area contributed by atoms with Crippen LogP contribution in [0.15, 0.2) is 30.5 Å². The third-order valence-electron chi connectivity index (χ3n) is 2.81. The van der Waals surface area contributed by atoms with Crippen LogP contribution < -0.4 is 0 Å². The molecule has 1 aromatic carbocycles. The molecule has 0 saturated carbocycles. The zero-order chi connectivity index (χ0) is 14.9. The van der Waals surface area contributed by atoms with Gasteiger partial charge in [0.05, 0.1) is 10.7 Å². The summed E-state index contributed by atoms with van der Waals surface area (Å²) in [4.78, 5) is 24.6. The van der Waals surface area contributed by atoms with Crippen LogP contribution in [0.25, 0.3) is 5.69 Å². The van der Waals surface area contributed by atoms with Gasteiger partial charge in [0.2, 0.25) is 0 Å². The predicted octanol–water partition coefficient (Wildman–Crippen LogP) is 2.43. The summed E-state index contributed by atoms with van der Waals surface area (Å²) in [6.45, 7) is 1.46. The number of amides is 1. The van der Waals surface area contributed by atoms with Gasteiger partial charge in [-0.1, -0.05) is 11.6 Å². The SMILES string of the molecule is CC(=O)c1ccc(-n2ccc(C(=O)N(C)C)n2)cc1Cl. The standard InChI is InChI=1S/C14H14ClN3O2/c1-9(19)11-5-4-10(8-12(11)15)18-7-6-13(16-18)14(20)17(2)3/h4-8H,1-3H3. The molecule has 0 saturated heterocycles. The van der Waals surface area contributed by atoms with Crippen LogP contribution in [-0.4, -0.2) is 40.5 Å². The second kappa shape index (κ2) is 5.46. The lowest BCUT2D eigenvalue weighted by molar-refractivity contribution is 0.0821. The summed E-state index contributed by atoms with van der Waals surface area (Å²) in [5.41, 5.74) is 1.51. The van der Waals surface area contributed by atoms with Crippen LogP contribution in [0.3, 0.4) is 0 Å². The molecule has 0 atom stereocenters. The first kappa shape index (κ1) is 14.3. The van der Waals surface area contributed by atoms with Crippen molar-refractivity contribution < 1.29 is 9.59 Å². The fraction of sp³-hybridized carbons (Fsp3) is 0.214. The van der Waals surface area contributed by atoms with Crippen LogP contribution in [0.5, 0.6) is 0 Å². The number of carbonyl (C=O) groups is 2. The van der Waals surface area contributed by atoms with Crippen molar-refractivity contribution in [2.75, 3.05) is 14.1 Å². The first-order valence-electron chi connectivity index (χ1n) is 5.98. The van der Waals surface area contributed by atoms with Crippen molar-refractivity contribution in [1.29, 1.82) is 0 Å². The molecule has 0 aliphatic rings. The Balaban J connectivity index is 2.36. The highest BCUT2D eigenvalue weighted by atomic mass is 35.5. The van der Waals surface area contributed by atoms with E-state index in [-0.39, 0.29) is 11.7 Å². The zero-order valence-corrected chi connectivity index (χ0v) is 12.2. The van der Waals surface area contributed by atoms with E-state index in [1.807, 2.05) is 0 Å². The van der Waals surface area contributed by atoms with Crippen molar-refractivity contribution >= 4 is 23.3 Å². The van der Waals surface area contributed by atoms with E-state index >= 15 is 0 Å². The molecule has 0 spiro atoms. The lowest BCUT2D eigenvalue weighted by Gasteiger charge is -2.07. The van der Waals surface area contributed by atoms with E-state index in [9.17, 15) is 9.59 Å².